The molecule has 8 heteroatoms. The Morgan fingerprint density at radius 1 is 1.30 bits per heavy atom. The lowest BCUT2D eigenvalue weighted by Gasteiger charge is -2.04. The third-order valence-corrected chi connectivity index (χ3v) is 5.65. The first-order valence-corrected chi connectivity index (χ1v) is 9.56. The predicted molar refractivity (Wildman–Crippen MR) is 103 cm³/mol. The van der Waals surface area contributed by atoms with Crippen molar-refractivity contribution in [1.82, 2.24) is 25.2 Å². The molecule has 0 aliphatic heterocycles. The van der Waals surface area contributed by atoms with Crippen LogP contribution in [-0.2, 0) is 13.0 Å². The Hall–Kier alpha value is -2.58. The minimum absolute atomic E-state index is 0.237. The first-order valence-electron chi connectivity index (χ1n) is 8.75. The third-order valence-electron chi connectivity index (χ3n) is 4.51. The normalized spacial score (nSPS) is 12.7. The summed E-state index contributed by atoms with van der Waals surface area (Å²) in [4.78, 5) is 6.48. The molecule has 0 fully saturated rings. The molecule has 4 rings (SSSR count). The molecule has 1 unspecified atom stereocenters. The summed E-state index contributed by atoms with van der Waals surface area (Å²) in [7, 11) is 1.91. The molecular formula is C19H20FN5OS. The molecule has 1 atom stereocenters. The lowest BCUT2D eigenvalue weighted by atomic mass is 10.2. The predicted octanol–water partition coefficient (Wildman–Crippen LogP) is 3.79. The van der Waals surface area contributed by atoms with E-state index in [1.807, 2.05) is 24.7 Å². The minimum atomic E-state index is -0.237. The zero-order valence-corrected chi connectivity index (χ0v) is 16.2. The van der Waals surface area contributed by atoms with E-state index < -0.39 is 0 Å². The molecule has 0 saturated carbocycles. The lowest BCUT2D eigenvalue weighted by Crippen LogP contribution is -2.24. The first kappa shape index (κ1) is 17.8. The highest BCUT2D eigenvalue weighted by atomic mass is 32.1. The quantitative estimate of drug-likeness (QED) is 0.547. The van der Waals surface area contributed by atoms with Crippen LogP contribution in [0.15, 0.2) is 34.9 Å². The average Bonchev–Trinajstić information content (AvgIpc) is 3.35. The highest BCUT2D eigenvalue weighted by Crippen LogP contribution is 2.34. The number of benzene rings is 1. The van der Waals surface area contributed by atoms with Gasteiger partial charge in [-0.1, -0.05) is 17.3 Å². The monoisotopic (exact) mass is 385 g/mol. The van der Waals surface area contributed by atoms with Crippen molar-refractivity contribution in [3.8, 4) is 10.8 Å². The Morgan fingerprint density at radius 2 is 2.07 bits per heavy atom. The number of nitrogens with one attached hydrogen (secondary N) is 1. The summed E-state index contributed by atoms with van der Waals surface area (Å²) in [6.45, 7) is 4.63. The SMILES string of the molecule is CNC(C)Cc1noc(-c2cc3c(C)nn(Cc4ccc(F)cc4)c3s2)n1. The van der Waals surface area contributed by atoms with Crippen molar-refractivity contribution in [3.63, 3.8) is 0 Å². The molecule has 0 saturated heterocycles. The van der Waals surface area contributed by atoms with Gasteiger partial charge in [-0.15, -0.1) is 11.3 Å². The van der Waals surface area contributed by atoms with Gasteiger partial charge in [-0.2, -0.15) is 10.1 Å². The Balaban J connectivity index is 1.63. The van der Waals surface area contributed by atoms with Gasteiger partial charge in [0.1, 0.15) is 10.6 Å². The molecule has 6 nitrogen and oxygen atoms in total. The fourth-order valence-corrected chi connectivity index (χ4v) is 3.98. The van der Waals surface area contributed by atoms with Crippen LogP contribution in [-0.4, -0.2) is 33.0 Å². The van der Waals surface area contributed by atoms with Crippen molar-refractivity contribution < 1.29 is 8.91 Å². The number of fused-ring (bicyclic) bond motifs is 1. The number of hydrogen-bond acceptors (Lipinski definition) is 6. The lowest BCUT2D eigenvalue weighted by molar-refractivity contribution is 0.419. The number of aryl methyl sites for hydroxylation is 1. The van der Waals surface area contributed by atoms with Crippen molar-refractivity contribution in [2.45, 2.75) is 32.9 Å². The summed E-state index contributed by atoms with van der Waals surface area (Å²) in [5.41, 5.74) is 1.94. The van der Waals surface area contributed by atoms with Crippen LogP contribution in [0.1, 0.15) is 24.0 Å². The molecule has 27 heavy (non-hydrogen) atoms. The molecule has 4 aromatic rings. The van der Waals surface area contributed by atoms with E-state index in [2.05, 4.69) is 27.5 Å². The number of hydrogen-bond donors (Lipinski definition) is 1. The van der Waals surface area contributed by atoms with Gasteiger partial charge >= 0.3 is 0 Å². The minimum Gasteiger partial charge on any atom is -0.333 e. The second-order valence-electron chi connectivity index (χ2n) is 6.61. The molecule has 140 valence electrons. The summed E-state index contributed by atoms with van der Waals surface area (Å²) in [6, 6.07) is 8.82. The molecule has 0 aliphatic carbocycles. The molecule has 0 amide bonds. The van der Waals surface area contributed by atoms with E-state index in [9.17, 15) is 4.39 Å². The van der Waals surface area contributed by atoms with E-state index >= 15 is 0 Å². The molecule has 0 bridgehead atoms. The van der Waals surface area contributed by atoms with Gasteiger partial charge in [0.15, 0.2) is 5.82 Å². The Morgan fingerprint density at radius 3 is 2.81 bits per heavy atom. The van der Waals surface area contributed by atoms with Crippen LogP contribution in [0.4, 0.5) is 4.39 Å². The molecule has 0 spiro atoms. The molecule has 0 aliphatic rings. The summed E-state index contributed by atoms with van der Waals surface area (Å²) < 4.78 is 20.5. The molecule has 3 heterocycles. The number of halogens is 1. The number of thiophene rings is 1. The van der Waals surface area contributed by atoms with E-state index in [0.29, 0.717) is 24.7 Å². The third kappa shape index (κ3) is 3.63. The van der Waals surface area contributed by atoms with E-state index in [0.717, 1.165) is 26.4 Å². The number of nitrogens with zero attached hydrogens (tertiary/aromatic N) is 4. The fraction of sp³-hybridized carbons (Fsp3) is 0.316. The van der Waals surface area contributed by atoms with Gasteiger partial charge in [-0.3, -0.25) is 4.68 Å². The number of aromatic nitrogens is 4. The Bertz CT molecular complexity index is 1070. The summed E-state index contributed by atoms with van der Waals surface area (Å²) in [5.74, 6) is 0.981. The zero-order chi connectivity index (χ0) is 19.0. The molecule has 1 aromatic carbocycles. The zero-order valence-electron chi connectivity index (χ0n) is 15.4. The van der Waals surface area contributed by atoms with Crippen molar-refractivity contribution in [3.05, 3.63) is 53.2 Å². The van der Waals surface area contributed by atoms with Crippen molar-refractivity contribution in [2.24, 2.45) is 0 Å². The van der Waals surface area contributed by atoms with Gasteiger partial charge < -0.3 is 9.84 Å². The summed E-state index contributed by atoms with van der Waals surface area (Å²) in [6.07, 6.45) is 0.711. The van der Waals surface area contributed by atoms with Crippen molar-refractivity contribution in [1.29, 1.82) is 0 Å². The van der Waals surface area contributed by atoms with Crippen LogP contribution in [0.3, 0.4) is 0 Å². The smallest absolute Gasteiger partial charge is 0.268 e. The highest BCUT2D eigenvalue weighted by molar-refractivity contribution is 7.21. The standard InChI is InChI=1S/C19H20FN5OS/c1-11(21-3)8-17-22-18(26-24-17)16-9-15-12(2)23-25(19(15)27-16)10-13-4-6-14(20)7-5-13/h4-7,9,11,21H,8,10H2,1-3H3. The second-order valence-corrected chi connectivity index (χ2v) is 7.64. The van der Waals surface area contributed by atoms with Crippen molar-refractivity contribution >= 4 is 21.6 Å². The van der Waals surface area contributed by atoms with E-state index in [4.69, 9.17) is 4.52 Å². The highest BCUT2D eigenvalue weighted by Gasteiger charge is 2.18. The van der Waals surface area contributed by atoms with Gasteiger partial charge in [0, 0.05) is 17.8 Å². The maximum Gasteiger partial charge on any atom is 0.268 e. The van der Waals surface area contributed by atoms with Crippen molar-refractivity contribution in [2.75, 3.05) is 7.05 Å². The van der Waals surface area contributed by atoms with Crippen LogP contribution in [0.5, 0.6) is 0 Å². The van der Waals surface area contributed by atoms with Crippen LogP contribution < -0.4 is 5.32 Å². The topological polar surface area (TPSA) is 68.8 Å². The van der Waals surface area contributed by atoms with E-state index in [-0.39, 0.29) is 11.9 Å². The molecule has 1 N–H and O–H groups in total. The van der Waals surface area contributed by atoms with Gasteiger partial charge in [0.25, 0.3) is 5.89 Å². The molecule has 3 aromatic heterocycles. The molecule has 0 radical (unpaired) electrons. The van der Waals surface area contributed by atoms with Crippen LogP contribution in [0.25, 0.3) is 21.0 Å². The number of rotatable bonds is 6. The van der Waals surface area contributed by atoms with Crippen LogP contribution in [0, 0.1) is 12.7 Å². The van der Waals surface area contributed by atoms with Crippen LogP contribution in [0.2, 0.25) is 0 Å². The van der Waals surface area contributed by atoms with Gasteiger partial charge in [0.2, 0.25) is 0 Å². The largest absolute Gasteiger partial charge is 0.333 e. The second kappa shape index (κ2) is 7.21. The van der Waals surface area contributed by atoms with Gasteiger partial charge in [-0.25, -0.2) is 4.39 Å². The molecular weight excluding hydrogens is 365 g/mol. The van der Waals surface area contributed by atoms with Gasteiger partial charge in [-0.05, 0) is 44.7 Å². The van der Waals surface area contributed by atoms with Crippen LogP contribution >= 0.6 is 11.3 Å². The average molecular weight is 385 g/mol. The van der Waals surface area contributed by atoms with Gasteiger partial charge in [0.05, 0.1) is 17.1 Å². The number of likely N-dealkylation sites (N-methyl/N-ethyl adjacent to an activating group) is 1. The van der Waals surface area contributed by atoms with E-state index in [1.165, 1.54) is 12.1 Å². The Kier molecular flexibility index (Phi) is 4.75. The van der Waals surface area contributed by atoms with E-state index in [1.54, 1.807) is 23.5 Å². The summed E-state index contributed by atoms with van der Waals surface area (Å²) >= 11 is 1.57. The maximum absolute atomic E-state index is 13.1. The Labute approximate surface area is 160 Å². The summed E-state index contributed by atoms with van der Waals surface area (Å²) in [5, 5.41) is 12.9. The fourth-order valence-electron chi connectivity index (χ4n) is 2.90. The first-order chi connectivity index (χ1) is 13.0. The maximum atomic E-state index is 13.1.